The molecule has 0 aromatic heterocycles. The van der Waals surface area contributed by atoms with Crippen molar-refractivity contribution in [1.29, 1.82) is 0 Å². The number of rotatable bonds is 4. The third kappa shape index (κ3) is 3.17. The first-order chi connectivity index (χ1) is 7.95. The molecule has 1 aromatic rings. The number of nitrogens with zero attached hydrogens (tertiary/aromatic N) is 1. The Morgan fingerprint density at radius 3 is 2.59 bits per heavy atom. The Bertz CT molecular complexity index is 443. The summed E-state index contributed by atoms with van der Waals surface area (Å²) in [6, 6.07) is 4.30. The Kier molecular flexibility index (Phi) is 4.03. The maximum absolute atomic E-state index is 11.1. The summed E-state index contributed by atoms with van der Waals surface area (Å²) in [5.41, 5.74) is 0.493. The minimum atomic E-state index is -0.749. The summed E-state index contributed by atoms with van der Waals surface area (Å²) < 4.78 is 9.79. The third-order valence-electron chi connectivity index (χ3n) is 2.21. The molecule has 6 heteroatoms. The van der Waals surface area contributed by atoms with Gasteiger partial charge in [0.1, 0.15) is 5.75 Å². The van der Waals surface area contributed by atoms with Crippen molar-refractivity contribution in [3.05, 3.63) is 33.9 Å². The van der Waals surface area contributed by atoms with E-state index in [2.05, 4.69) is 4.74 Å². The normalized spacial score (nSPS) is 11.7. The minimum absolute atomic E-state index is 0.0167. The molecule has 1 unspecified atom stereocenters. The molecule has 92 valence electrons. The molecule has 1 atom stereocenters. The largest absolute Gasteiger partial charge is 0.479 e. The Hall–Kier alpha value is -2.11. The van der Waals surface area contributed by atoms with Crippen molar-refractivity contribution in [2.75, 3.05) is 7.11 Å². The molecule has 0 bridgehead atoms. The summed E-state index contributed by atoms with van der Waals surface area (Å²) in [6.45, 7) is 3.15. The van der Waals surface area contributed by atoms with E-state index in [1.165, 1.54) is 25.3 Å². The summed E-state index contributed by atoms with van der Waals surface area (Å²) in [5, 5.41) is 10.6. The number of methoxy groups -OCH3 is 1. The van der Waals surface area contributed by atoms with E-state index < -0.39 is 17.0 Å². The maximum Gasteiger partial charge on any atom is 0.346 e. The molecular formula is C11H13NO5. The number of carbonyl (C=O) groups excluding carboxylic acids is 1. The number of ether oxygens (including phenoxy) is 2. The fourth-order valence-corrected chi connectivity index (χ4v) is 1.32. The minimum Gasteiger partial charge on any atom is -0.479 e. The van der Waals surface area contributed by atoms with Crippen LogP contribution >= 0.6 is 0 Å². The first-order valence-corrected chi connectivity index (χ1v) is 4.95. The zero-order valence-corrected chi connectivity index (χ0v) is 9.80. The fraction of sp³-hybridized carbons (Fsp3) is 0.364. The van der Waals surface area contributed by atoms with Gasteiger partial charge in [-0.25, -0.2) is 4.79 Å². The highest BCUT2D eigenvalue weighted by Gasteiger charge is 2.16. The van der Waals surface area contributed by atoms with Crippen LogP contribution in [0.5, 0.6) is 5.75 Å². The molecule has 6 nitrogen and oxygen atoms in total. The smallest absolute Gasteiger partial charge is 0.346 e. The number of aryl methyl sites for hydroxylation is 1. The van der Waals surface area contributed by atoms with E-state index in [0.29, 0.717) is 11.3 Å². The van der Waals surface area contributed by atoms with Gasteiger partial charge in [0.2, 0.25) is 0 Å². The van der Waals surface area contributed by atoms with E-state index in [0.717, 1.165) is 0 Å². The van der Waals surface area contributed by atoms with E-state index in [-0.39, 0.29) is 5.69 Å². The first-order valence-electron chi connectivity index (χ1n) is 4.95. The summed E-state index contributed by atoms with van der Waals surface area (Å²) >= 11 is 0. The van der Waals surface area contributed by atoms with Gasteiger partial charge < -0.3 is 9.47 Å². The van der Waals surface area contributed by atoms with Gasteiger partial charge >= 0.3 is 5.97 Å². The molecule has 0 aliphatic rings. The van der Waals surface area contributed by atoms with E-state index in [4.69, 9.17) is 4.74 Å². The number of hydrogen-bond acceptors (Lipinski definition) is 5. The SMILES string of the molecule is COC(=O)C(C)Oc1ccc([N+](=O)[O-])c(C)c1. The van der Waals surface area contributed by atoms with Crippen molar-refractivity contribution in [3.8, 4) is 5.75 Å². The monoisotopic (exact) mass is 239 g/mol. The lowest BCUT2D eigenvalue weighted by Crippen LogP contribution is -2.24. The van der Waals surface area contributed by atoms with Gasteiger partial charge in [0.15, 0.2) is 6.10 Å². The van der Waals surface area contributed by atoms with Gasteiger partial charge in [-0.15, -0.1) is 0 Å². The van der Waals surface area contributed by atoms with Crippen molar-refractivity contribution in [1.82, 2.24) is 0 Å². The van der Waals surface area contributed by atoms with Crippen LogP contribution in [0, 0.1) is 17.0 Å². The molecule has 0 aliphatic carbocycles. The van der Waals surface area contributed by atoms with Gasteiger partial charge in [-0.3, -0.25) is 10.1 Å². The lowest BCUT2D eigenvalue weighted by molar-refractivity contribution is -0.385. The molecule has 1 aromatic carbocycles. The first kappa shape index (κ1) is 13.0. The van der Waals surface area contributed by atoms with Crippen molar-refractivity contribution in [2.24, 2.45) is 0 Å². The summed E-state index contributed by atoms with van der Waals surface area (Å²) in [5.74, 6) is -0.105. The van der Waals surface area contributed by atoms with Gasteiger partial charge in [-0.2, -0.15) is 0 Å². The van der Waals surface area contributed by atoms with Crippen LogP contribution in [0.3, 0.4) is 0 Å². The Balaban J connectivity index is 2.84. The van der Waals surface area contributed by atoms with Crippen molar-refractivity contribution < 1.29 is 19.2 Å². The molecule has 0 aliphatic heterocycles. The molecule has 0 N–H and O–H groups in total. The van der Waals surface area contributed by atoms with Crippen LogP contribution in [0.4, 0.5) is 5.69 Å². The van der Waals surface area contributed by atoms with Crippen molar-refractivity contribution in [3.63, 3.8) is 0 Å². The van der Waals surface area contributed by atoms with Crippen molar-refractivity contribution >= 4 is 11.7 Å². The zero-order valence-electron chi connectivity index (χ0n) is 9.80. The maximum atomic E-state index is 11.1. The van der Waals surface area contributed by atoms with Crippen LogP contribution < -0.4 is 4.74 Å². The molecular weight excluding hydrogens is 226 g/mol. The van der Waals surface area contributed by atoms with Gasteiger partial charge in [-0.05, 0) is 26.0 Å². The third-order valence-corrected chi connectivity index (χ3v) is 2.21. The van der Waals surface area contributed by atoms with E-state index in [9.17, 15) is 14.9 Å². The second-order valence-electron chi connectivity index (χ2n) is 3.49. The summed E-state index contributed by atoms with van der Waals surface area (Å²) in [7, 11) is 1.27. The molecule has 0 fully saturated rings. The number of carbonyl (C=O) groups is 1. The highest BCUT2D eigenvalue weighted by Crippen LogP contribution is 2.23. The topological polar surface area (TPSA) is 78.7 Å². The second-order valence-corrected chi connectivity index (χ2v) is 3.49. The number of hydrogen-bond donors (Lipinski definition) is 0. The lowest BCUT2D eigenvalue weighted by Gasteiger charge is -2.12. The average Bonchev–Trinajstić information content (AvgIpc) is 2.27. The Morgan fingerprint density at radius 1 is 1.47 bits per heavy atom. The number of esters is 1. The lowest BCUT2D eigenvalue weighted by atomic mass is 10.2. The van der Waals surface area contributed by atoms with Crippen LogP contribution in [0.2, 0.25) is 0 Å². The van der Waals surface area contributed by atoms with Crippen LogP contribution in [-0.4, -0.2) is 24.1 Å². The average molecular weight is 239 g/mol. The van der Waals surface area contributed by atoms with Crippen LogP contribution in [0.25, 0.3) is 0 Å². The van der Waals surface area contributed by atoms with Gasteiger partial charge in [0, 0.05) is 11.6 Å². The van der Waals surface area contributed by atoms with Crippen molar-refractivity contribution in [2.45, 2.75) is 20.0 Å². The van der Waals surface area contributed by atoms with E-state index in [1.54, 1.807) is 13.8 Å². The highest BCUT2D eigenvalue weighted by molar-refractivity contribution is 5.74. The number of nitro groups is 1. The zero-order chi connectivity index (χ0) is 13.0. The molecule has 0 saturated carbocycles. The molecule has 0 amide bonds. The molecule has 17 heavy (non-hydrogen) atoms. The predicted octanol–water partition coefficient (Wildman–Crippen LogP) is 1.84. The Morgan fingerprint density at radius 2 is 2.12 bits per heavy atom. The quantitative estimate of drug-likeness (QED) is 0.455. The van der Waals surface area contributed by atoms with Crippen LogP contribution in [-0.2, 0) is 9.53 Å². The summed E-state index contributed by atoms with van der Waals surface area (Å²) in [4.78, 5) is 21.3. The molecule has 0 heterocycles. The van der Waals surface area contributed by atoms with Gasteiger partial charge in [0.05, 0.1) is 12.0 Å². The summed E-state index contributed by atoms with van der Waals surface area (Å²) in [6.07, 6.45) is -0.749. The molecule has 1 rings (SSSR count). The fourth-order valence-electron chi connectivity index (χ4n) is 1.32. The molecule has 0 saturated heterocycles. The number of nitro benzene ring substituents is 1. The molecule has 0 spiro atoms. The predicted molar refractivity (Wildman–Crippen MR) is 59.9 cm³/mol. The second kappa shape index (κ2) is 5.29. The van der Waals surface area contributed by atoms with E-state index in [1.807, 2.05) is 0 Å². The van der Waals surface area contributed by atoms with Crippen LogP contribution in [0.15, 0.2) is 18.2 Å². The van der Waals surface area contributed by atoms with E-state index >= 15 is 0 Å². The standard InChI is InChI=1S/C11H13NO5/c1-7-6-9(4-5-10(7)12(14)15)17-8(2)11(13)16-3/h4-6,8H,1-3H3. The molecule has 0 radical (unpaired) electrons. The van der Waals surface area contributed by atoms with Gasteiger partial charge in [0.25, 0.3) is 5.69 Å². The highest BCUT2D eigenvalue weighted by atomic mass is 16.6. The Labute approximate surface area is 98.3 Å². The van der Waals surface area contributed by atoms with Crippen LogP contribution in [0.1, 0.15) is 12.5 Å². The number of benzene rings is 1. The van der Waals surface area contributed by atoms with Gasteiger partial charge in [-0.1, -0.05) is 0 Å².